The summed E-state index contributed by atoms with van der Waals surface area (Å²) in [6, 6.07) is 1.81. The van der Waals surface area contributed by atoms with Crippen LogP contribution in [0.3, 0.4) is 0 Å². The van der Waals surface area contributed by atoms with E-state index in [1.807, 2.05) is 0 Å². The molecule has 0 amide bonds. The molecule has 0 bridgehead atoms. The lowest BCUT2D eigenvalue weighted by molar-refractivity contribution is -0.339. The first-order chi connectivity index (χ1) is 18.0. The van der Waals surface area contributed by atoms with E-state index in [1.54, 1.807) is 0 Å². The Morgan fingerprint density at radius 2 is 1.68 bits per heavy atom. The molecule has 0 aromatic heterocycles. The van der Waals surface area contributed by atoms with Gasteiger partial charge in [-0.05, 0) is 18.6 Å². The fourth-order valence-corrected chi connectivity index (χ4v) is 4.17. The summed E-state index contributed by atoms with van der Waals surface area (Å²) in [6.07, 6.45) is -6.49. The summed E-state index contributed by atoms with van der Waals surface area (Å²) in [4.78, 5) is 24.8. The second-order valence-electron chi connectivity index (χ2n) is 8.61. The zero-order chi connectivity index (χ0) is 28.1. The van der Waals surface area contributed by atoms with E-state index >= 15 is 0 Å². The number of phenolic OH excluding ortho intramolecular Hbond substituents is 3. The van der Waals surface area contributed by atoms with Crippen molar-refractivity contribution in [2.45, 2.75) is 43.4 Å². The van der Waals surface area contributed by atoms with Crippen LogP contribution in [0.1, 0.15) is 16.8 Å². The Bertz CT molecular complexity index is 1030. The smallest absolute Gasteiger partial charge is 0.338 e. The van der Waals surface area contributed by atoms with Crippen molar-refractivity contribution in [1.82, 2.24) is 0 Å². The number of aliphatic hydroxyl groups is 4. The van der Waals surface area contributed by atoms with Crippen molar-refractivity contribution >= 4 is 11.9 Å². The Morgan fingerprint density at radius 1 is 1.03 bits per heavy atom. The number of carbonyl (C=O) groups is 2. The van der Waals surface area contributed by atoms with E-state index in [1.165, 1.54) is 6.08 Å². The topological polar surface area (TPSA) is 222 Å². The highest BCUT2D eigenvalue weighted by atomic mass is 16.8. The van der Waals surface area contributed by atoms with E-state index in [9.17, 15) is 45.3 Å². The number of hydrogen-bond donors (Lipinski definition) is 7. The lowest BCUT2D eigenvalue weighted by Gasteiger charge is -2.43. The molecule has 0 saturated carbocycles. The van der Waals surface area contributed by atoms with Crippen molar-refractivity contribution in [3.63, 3.8) is 0 Å². The van der Waals surface area contributed by atoms with E-state index in [0.717, 1.165) is 25.5 Å². The van der Waals surface area contributed by atoms with Gasteiger partial charge in [-0.25, -0.2) is 9.59 Å². The highest BCUT2D eigenvalue weighted by molar-refractivity contribution is 5.91. The summed E-state index contributed by atoms with van der Waals surface area (Å²) in [5, 5.41) is 68.4. The van der Waals surface area contributed by atoms with Gasteiger partial charge in [0.2, 0.25) is 6.29 Å². The van der Waals surface area contributed by atoms with Crippen molar-refractivity contribution in [1.29, 1.82) is 0 Å². The molecule has 0 aliphatic carbocycles. The normalized spacial score (nSPS) is 31.0. The van der Waals surface area contributed by atoms with Gasteiger partial charge in [-0.2, -0.15) is 0 Å². The summed E-state index contributed by atoms with van der Waals surface area (Å²) in [5.74, 6) is -5.48. The van der Waals surface area contributed by atoms with Gasteiger partial charge in [0.05, 0.1) is 37.7 Å². The number of benzene rings is 1. The number of carbonyl (C=O) groups excluding carboxylic acids is 2. The minimum atomic E-state index is -1.70. The summed E-state index contributed by atoms with van der Waals surface area (Å²) >= 11 is 0. The summed E-state index contributed by atoms with van der Waals surface area (Å²) < 4.78 is 26.6. The standard InChI is InChI=1S/C24H30O14/c1-3-11-12(4-5-35-21(32)10-6-14(26)17(28)15(27)7-10)13(22(33)34-2)9-36-23(11)38-24-20(31)19(30)18(29)16(8-25)37-24/h3,6-7,9,11-12,16,18-20,23-31H,1,4-5,8H2,2H3/t11-,12+,16+,18-,19-,20+,23+,24+/m1/s1. The fraction of sp³-hybridized carbons (Fsp3) is 0.500. The Morgan fingerprint density at radius 3 is 2.26 bits per heavy atom. The van der Waals surface area contributed by atoms with Crippen molar-refractivity contribution in [3.05, 3.63) is 42.2 Å². The third kappa shape index (κ3) is 6.01. The van der Waals surface area contributed by atoms with Gasteiger partial charge in [0, 0.05) is 11.8 Å². The molecule has 2 aliphatic rings. The largest absolute Gasteiger partial charge is 0.504 e. The minimum Gasteiger partial charge on any atom is -0.504 e. The second-order valence-corrected chi connectivity index (χ2v) is 8.61. The van der Waals surface area contributed by atoms with Crippen LogP contribution in [0.15, 0.2) is 36.6 Å². The number of hydrogen-bond acceptors (Lipinski definition) is 14. The molecule has 0 radical (unpaired) electrons. The van der Waals surface area contributed by atoms with E-state index in [2.05, 4.69) is 6.58 Å². The number of ether oxygens (including phenoxy) is 5. The Balaban J connectivity index is 1.75. The maximum Gasteiger partial charge on any atom is 0.338 e. The monoisotopic (exact) mass is 542 g/mol. The number of esters is 2. The molecule has 2 aliphatic heterocycles. The molecule has 1 fully saturated rings. The van der Waals surface area contributed by atoms with Gasteiger partial charge in [0.1, 0.15) is 24.4 Å². The molecule has 38 heavy (non-hydrogen) atoms. The van der Waals surface area contributed by atoms with Gasteiger partial charge in [0.15, 0.2) is 23.5 Å². The van der Waals surface area contributed by atoms with Crippen LogP contribution in [0.2, 0.25) is 0 Å². The average molecular weight is 542 g/mol. The summed E-state index contributed by atoms with van der Waals surface area (Å²) in [5.41, 5.74) is -0.181. The van der Waals surface area contributed by atoms with Crippen LogP contribution in [0.5, 0.6) is 17.2 Å². The van der Waals surface area contributed by atoms with Crippen LogP contribution in [0.4, 0.5) is 0 Å². The second kappa shape index (κ2) is 12.4. The Kier molecular flexibility index (Phi) is 9.54. The van der Waals surface area contributed by atoms with Crippen molar-refractivity contribution in [2.75, 3.05) is 20.3 Å². The van der Waals surface area contributed by atoms with Crippen LogP contribution >= 0.6 is 0 Å². The van der Waals surface area contributed by atoms with Gasteiger partial charge in [-0.1, -0.05) is 6.08 Å². The third-order valence-corrected chi connectivity index (χ3v) is 6.28. The molecule has 0 unspecified atom stereocenters. The van der Waals surface area contributed by atoms with Gasteiger partial charge < -0.3 is 59.4 Å². The van der Waals surface area contributed by atoms with Gasteiger partial charge in [0.25, 0.3) is 0 Å². The molecule has 1 saturated heterocycles. The van der Waals surface area contributed by atoms with Crippen LogP contribution in [0.25, 0.3) is 0 Å². The molecule has 1 aromatic carbocycles. The lowest BCUT2D eigenvalue weighted by Crippen LogP contribution is -2.60. The first-order valence-corrected chi connectivity index (χ1v) is 11.5. The lowest BCUT2D eigenvalue weighted by atomic mass is 9.82. The first kappa shape index (κ1) is 29.2. The number of rotatable bonds is 9. The molecular weight excluding hydrogens is 512 g/mol. The number of aromatic hydroxyl groups is 3. The summed E-state index contributed by atoms with van der Waals surface area (Å²) in [6.45, 7) is 2.80. The van der Waals surface area contributed by atoms with Crippen molar-refractivity contribution in [2.24, 2.45) is 11.8 Å². The zero-order valence-electron chi connectivity index (χ0n) is 20.2. The highest BCUT2D eigenvalue weighted by Gasteiger charge is 2.47. The predicted molar refractivity (Wildman–Crippen MR) is 123 cm³/mol. The van der Waals surface area contributed by atoms with Crippen LogP contribution < -0.4 is 0 Å². The molecule has 2 heterocycles. The number of aliphatic hydroxyl groups excluding tert-OH is 4. The number of methoxy groups -OCH3 is 1. The van der Waals surface area contributed by atoms with E-state index in [4.69, 9.17) is 23.7 Å². The zero-order valence-corrected chi connectivity index (χ0v) is 20.2. The van der Waals surface area contributed by atoms with E-state index in [0.29, 0.717) is 0 Å². The highest BCUT2D eigenvalue weighted by Crippen LogP contribution is 2.38. The molecule has 8 atom stereocenters. The van der Waals surface area contributed by atoms with Gasteiger partial charge >= 0.3 is 11.9 Å². The SMILES string of the molecule is C=C[C@H]1[C@H](O[C@@H]2O[C@@H](CO)[C@@H](O)[C@@H](O)[C@@H]2O)OC=C(C(=O)OC)[C@H]1CCOC(=O)c1cc(O)c(O)c(O)c1. The Hall–Kier alpha value is -3.40. The minimum absolute atomic E-state index is 0.0112. The van der Waals surface area contributed by atoms with Crippen molar-refractivity contribution in [3.8, 4) is 17.2 Å². The maximum absolute atomic E-state index is 12.4. The van der Waals surface area contributed by atoms with Crippen molar-refractivity contribution < 1.29 is 69.0 Å². The number of phenols is 3. The van der Waals surface area contributed by atoms with E-state index < -0.39 is 84.6 Å². The third-order valence-electron chi connectivity index (χ3n) is 6.28. The molecule has 0 spiro atoms. The molecular formula is C24H30O14. The van der Waals surface area contributed by atoms with Crippen LogP contribution in [0, 0.1) is 11.8 Å². The Labute approximate surface area is 216 Å². The molecule has 14 nitrogen and oxygen atoms in total. The quantitative estimate of drug-likeness (QED) is 0.113. The predicted octanol–water partition coefficient (Wildman–Crippen LogP) is -1.00. The molecule has 210 valence electrons. The summed E-state index contributed by atoms with van der Waals surface area (Å²) in [7, 11) is 1.16. The average Bonchev–Trinajstić information content (AvgIpc) is 2.91. The molecule has 7 N–H and O–H groups in total. The maximum atomic E-state index is 12.4. The van der Waals surface area contributed by atoms with Gasteiger partial charge in [-0.15, -0.1) is 6.58 Å². The van der Waals surface area contributed by atoms with Gasteiger partial charge in [-0.3, -0.25) is 0 Å². The van der Waals surface area contributed by atoms with Crippen LogP contribution in [-0.4, -0.2) is 105 Å². The van der Waals surface area contributed by atoms with E-state index in [-0.39, 0.29) is 24.2 Å². The van der Waals surface area contributed by atoms with Crippen LogP contribution in [-0.2, 0) is 28.5 Å². The first-order valence-electron chi connectivity index (χ1n) is 11.5. The molecule has 1 aromatic rings. The molecule has 14 heteroatoms. The molecule has 3 rings (SSSR count). The fourth-order valence-electron chi connectivity index (χ4n) is 4.17.